The van der Waals surface area contributed by atoms with Crippen molar-refractivity contribution in [1.82, 2.24) is 0 Å². The number of thioether (sulfide) groups is 1. The van der Waals surface area contributed by atoms with Gasteiger partial charge >= 0.3 is 0 Å². The fourth-order valence-corrected chi connectivity index (χ4v) is 3.98. The molecule has 1 atom stereocenters. The molecular weight excluding hydrogens is 251 g/mol. The van der Waals surface area contributed by atoms with Gasteiger partial charge in [0.1, 0.15) is 4.93 Å². The molecule has 2 nitrogen and oxygen atoms in total. The van der Waals surface area contributed by atoms with Crippen LogP contribution in [0.5, 0.6) is 0 Å². The van der Waals surface area contributed by atoms with Gasteiger partial charge in [0.2, 0.25) is 0 Å². The van der Waals surface area contributed by atoms with Gasteiger partial charge in [-0.25, -0.2) is 0 Å². The van der Waals surface area contributed by atoms with E-state index in [0.717, 1.165) is 25.7 Å². The van der Waals surface area contributed by atoms with Gasteiger partial charge in [0.05, 0.1) is 0 Å². The Kier molecular flexibility index (Phi) is 6.94. The van der Waals surface area contributed by atoms with Crippen LogP contribution in [0.3, 0.4) is 0 Å². The lowest BCUT2D eigenvalue weighted by Gasteiger charge is -2.30. The summed E-state index contributed by atoms with van der Waals surface area (Å²) in [6, 6.07) is 10.2. The van der Waals surface area contributed by atoms with Crippen molar-refractivity contribution in [3.63, 3.8) is 0 Å². The Balaban J connectivity index is 2.83. The van der Waals surface area contributed by atoms with Crippen LogP contribution in [0.1, 0.15) is 39.5 Å². The lowest BCUT2D eigenvalue weighted by Crippen LogP contribution is -2.24. The topological polar surface area (TPSA) is 26.3 Å². The summed E-state index contributed by atoms with van der Waals surface area (Å²) in [7, 11) is -1.15. The first-order chi connectivity index (χ1) is 8.26. The molecule has 17 heavy (non-hydrogen) atoms. The number of hydrogen-bond acceptors (Lipinski definition) is 3. The van der Waals surface area contributed by atoms with Crippen molar-refractivity contribution in [2.45, 2.75) is 49.4 Å². The Morgan fingerprint density at radius 2 is 1.76 bits per heavy atom. The summed E-state index contributed by atoms with van der Waals surface area (Å²) >= 11 is 1.71. The summed E-state index contributed by atoms with van der Waals surface area (Å²) < 4.78 is 16.5. The predicted molar refractivity (Wildman–Crippen MR) is 76.3 cm³/mol. The number of rotatable bonds is 8. The molecule has 0 N–H and O–H groups in total. The maximum atomic E-state index is 10.9. The highest BCUT2D eigenvalue weighted by molar-refractivity contribution is 8.00. The smallest absolute Gasteiger partial charge is 0.181 e. The maximum absolute atomic E-state index is 10.9. The van der Waals surface area contributed by atoms with Gasteiger partial charge in [-0.1, -0.05) is 56.7 Å². The predicted octanol–water partition coefficient (Wildman–Crippen LogP) is 4.76. The fourth-order valence-electron chi connectivity index (χ4n) is 1.92. The van der Waals surface area contributed by atoms with E-state index in [1.165, 1.54) is 4.90 Å². The normalized spacial score (nSPS) is 12.4. The van der Waals surface area contributed by atoms with Gasteiger partial charge in [0, 0.05) is 4.90 Å². The molecule has 1 rings (SSSR count). The SMILES string of the molecule is CCCC(CCC)(O[PH2]=O)Sc1ccccc1. The fraction of sp³-hybridized carbons (Fsp3) is 0.538. The first kappa shape index (κ1) is 14.8. The Bertz CT molecular complexity index is 323. The Morgan fingerprint density at radius 1 is 1.18 bits per heavy atom. The van der Waals surface area contributed by atoms with Crippen LogP contribution < -0.4 is 0 Å². The second-order valence-corrected chi connectivity index (χ2v) is 5.89. The molecule has 1 aromatic carbocycles. The first-order valence-electron chi connectivity index (χ1n) is 6.12. The highest BCUT2D eigenvalue weighted by atomic mass is 32.2. The lowest BCUT2D eigenvalue weighted by atomic mass is 10.1. The van der Waals surface area contributed by atoms with Crippen molar-refractivity contribution in [1.29, 1.82) is 0 Å². The molecule has 0 bridgehead atoms. The standard InChI is InChI=1S/C13H21O2PS/c1-3-10-13(11-4-2,15-16-14)17-12-8-6-5-7-9-12/h5-9H,3-4,10-11,16H2,1-2H3. The van der Waals surface area contributed by atoms with Crippen LogP contribution in [0.4, 0.5) is 0 Å². The minimum atomic E-state index is -1.15. The Hall–Kier alpha value is -0.240. The second kappa shape index (κ2) is 7.97. The van der Waals surface area contributed by atoms with Crippen LogP contribution >= 0.6 is 20.4 Å². The van der Waals surface area contributed by atoms with Crippen LogP contribution in [-0.2, 0) is 9.09 Å². The van der Waals surface area contributed by atoms with E-state index in [0.29, 0.717) is 0 Å². The molecule has 0 spiro atoms. The zero-order valence-electron chi connectivity index (χ0n) is 10.5. The van der Waals surface area contributed by atoms with Crippen LogP contribution in [0.25, 0.3) is 0 Å². The molecular formula is C13H21O2PS. The third-order valence-electron chi connectivity index (χ3n) is 2.57. The highest BCUT2D eigenvalue weighted by Crippen LogP contribution is 2.43. The molecule has 0 saturated heterocycles. The molecule has 0 aliphatic rings. The molecule has 0 heterocycles. The molecule has 1 unspecified atom stereocenters. The van der Waals surface area contributed by atoms with E-state index in [2.05, 4.69) is 26.0 Å². The van der Waals surface area contributed by atoms with Crippen LogP contribution in [-0.4, -0.2) is 4.93 Å². The minimum Gasteiger partial charge on any atom is -0.314 e. The molecule has 0 saturated carbocycles. The largest absolute Gasteiger partial charge is 0.314 e. The average Bonchev–Trinajstić information content (AvgIpc) is 2.31. The summed E-state index contributed by atoms with van der Waals surface area (Å²) in [6.45, 7) is 4.28. The van der Waals surface area contributed by atoms with Crippen molar-refractivity contribution in [2.24, 2.45) is 0 Å². The molecule has 0 amide bonds. The highest BCUT2D eigenvalue weighted by Gasteiger charge is 2.30. The van der Waals surface area contributed by atoms with E-state index in [1.807, 2.05) is 18.2 Å². The van der Waals surface area contributed by atoms with Crippen molar-refractivity contribution >= 4 is 20.4 Å². The van der Waals surface area contributed by atoms with E-state index >= 15 is 0 Å². The van der Waals surface area contributed by atoms with E-state index in [-0.39, 0.29) is 4.93 Å². The minimum absolute atomic E-state index is 0.304. The van der Waals surface area contributed by atoms with E-state index in [1.54, 1.807) is 11.8 Å². The van der Waals surface area contributed by atoms with Gasteiger partial charge in [-0.3, -0.25) is 4.57 Å². The monoisotopic (exact) mass is 272 g/mol. The first-order valence-corrected chi connectivity index (χ1v) is 7.88. The van der Waals surface area contributed by atoms with Gasteiger partial charge < -0.3 is 4.52 Å². The summed E-state index contributed by atoms with van der Waals surface area (Å²) in [5.41, 5.74) is 0. The van der Waals surface area contributed by atoms with E-state index in [9.17, 15) is 4.57 Å². The van der Waals surface area contributed by atoms with Gasteiger partial charge in [-0.2, -0.15) is 0 Å². The zero-order chi connectivity index (χ0) is 12.6. The van der Waals surface area contributed by atoms with Crippen molar-refractivity contribution in [3.8, 4) is 0 Å². The third kappa shape index (κ3) is 4.87. The van der Waals surface area contributed by atoms with E-state index < -0.39 is 8.69 Å². The van der Waals surface area contributed by atoms with E-state index in [4.69, 9.17) is 4.52 Å². The van der Waals surface area contributed by atoms with Gasteiger partial charge in [-0.15, -0.1) is 0 Å². The van der Waals surface area contributed by atoms with Gasteiger partial charge in [0.15, 0.2) is 8.69 Å². The molecule has 1 aromatic rings. The summed E-state index contributed by atoms with van der Waals surface area (Å²) in [5, 5.41) is 0. The zero-order valence-corrected chi connectivity index (χ0v) is 12.5. The Morgan fingerprint density at radius 3 is 2.24 bits per heavy atom. The van der Waals surface area contributed by atoms with Gasteiger partial charge in [0.25, 0.3) is 0 Å². The quantitative estimate of drug-likeness (QED) is 0.387. The molecule has 96 valence electrons. The average molecular weight is 272 g/mol. The summed E-state index contributed by atoms with van der Waals surface area (Å²) in [5.74, 6) is 0. The molecule has 0 aliphatic carbocycles. The molecule has 0 radical (unpaired) electrons. The maximum Gasteiger partial charge on any atom is 0.181 e. The summed E-state index contributed by atoms with van der Waals surface area (Å²) in [6.07, 6.45) is 3.96. The van der Waals surface area contributed by atoms with Crippen LogP contribution in [0, 0.1) is 0 Å². The van der Waals surface area contributed by atoms with Crippen LogP contribution in [0.2, 0.25) is 0 Å². The van der Waals surface area contributed by atoms with Crippen molar-refractivity contribution in [2.75, 3.05) is 0 Å². The lowest BCUT2D eigenvalue weighted by molar-refractivity contribution is 0.161. The summed E-state index contributed by atoms with van der Waals surface area (Å²) in [4.78, 5) is 0.879. The Labute approximate surface area is 109 Å². The number of benzene rings is 1. The molecule has 0 aromatic heterocycles. The molecule has 0 fully saturated rings. The second-order valence-electron chi connectivity index (χ2n) is 4.04. The third-order valence-corrected chi connectivity index (χ3v) is 4.67. The number of hydrogen-bond donors (Lipinski definition) is 0. The van der Waals surface area contributed by atoms with Gasteiger partial charge in [-0.05, 0) is 25.0 Å². The van der Waals surface area contributed by atoms with Crippen LogP contribution in [0.15, 0.2) is 35.2 Å². The van der Waals surface area contributed by atoms with Crippen molar-refractivity contribution in [3.05, 3.63) is 30.3 Å². The molecule has 0 aliphatic heterocycles. The van der Waals surface area contributed by atoms with Crippen molar-refractivity contribution < 1.29 is 9.09 Å². The molecule has 4 heteroatoms.